The molecule has 0 aliphatic heterocycles. The van der Waals surface area contributed by atoms with Crippen molar-refractivity contribution >= 4 is 61.2 Å². The maximum Gasteiger partial charge on any atom is 0.114 e. The number of nitrogens with zero attached hydrogens (tertiary/aromatic N) is 2. The second kappa shape index (κ2) is 11.4. The topological polar surface area (TPSA) is 43.3 Å². The first-order chi connectivity index (χ1) is 22.2. The summed E-state index contributed by atoms with van der Waals surface area (Å²) in [4.78, 5) is 6.33. The minimum absolute atomic E-state index is 0.522. The average molecular weight is 600 g/mol. The number of hydrogen-bond donors (Lipinski definition) is 1. The molecule has 4 heteroatoms. The quantitative estimate of drug-likeness (QED) is 0.190. The van der Waals surface area contributed by atoms with E-state index in [0.717, 1.165) is 23.1 Å². The first-order valence-electron chi connectivity index (χ1n) is 15.5. The lowest BCUT2D eigenvalue weighted by atomic mass is 9.94. The summed E-state index contributed by atoms with van der Waals surface area (Å²) >= 11 is 1.97. The van der Waals surface area contributed by atoms with Crippen LogP contribution in [0.15, 0.2) is 132 Å². The molecule has 1 aliphatic carbocycles. The Balaban J connectivity index is 1.07. The van der Waals surface area contributed by atoms with Gasteiger partial charge in [0.15, 0.2) is 0 Å². The third-order valence-corrected chi connectivity index (χ3v) is 10.5. The number of allylic oxidation sites excluding steroid dienone is 2. The Morgan fingerprint density at radius 1 is 0.800 bits per heavy atom. The molecule has 0 saturated carbocycles. The molecule has 1 unspecified atom stereocenters. The van der Waals surface area contributed by atoms with Gasteiger partial charge in [0.25, 0.3) is 0 Å². The van der Waals surface area contributed by atoms with Crippen LogP contribution in [0.3, 0.4) is 0 Å². The van der Waals surface area contributed by atoms with E-state index >= 15 is 0 Å². The Hall–Kier alpha value is -5.19. The number of para-hydroxylation sites is 1. The highest BCUT2D eigenvalue weighted by Gasteiger charge is 2.22. The number of benzene rings is 5. The molecule has 5 aromatic carbocycles. The van der Waals surface area contributed by atoms with Crippen molar-refractivity contribution in [2.24, 2.45) is 10.7 Å². The van der Waals surface area contributed by atoms with E-state index in [9.17, 15) is 0 Å². The molecule has 45 heavy (non-hydrogen) atoms. The van der Waals surface area contributed by atoms with Gasteiger partial charge in [-0.25, -0.2) is 0 Å². The zero-order chi connectivity index (χ0) is 30.3. The van der Waals surface area contributed by atoms with Crippen molar-refractivity contribution in [2.45, 2.75) is 25.9 Å². The van der Waals surface area contributed by atoms with Crippen LogP contribution >= 0.6 is 11.3 Å². The molecule has 2 aromatic heterocycles. The van der Waals surface area contributed by atoms with Crippen molar-refractivity contribution in [1.29, 1.82) is 0 Å². The highest BCUT2D eigenvalue weighted by Crippen LogP contribution is 2.46. The van der Waals surface area contributed by atoms with Crippen LogP contribution in [0.25, 0.3) is 65.9 Å². The average Bonchev–Trinajstić information content (AvgIpc) is 3.64. The van der Waals surface area contributed by atoms with E-state index < -0.39 is 0 Å². The summed E-state index contributed by atoms with van der Waals surface area (Å²) in [6.45, 7) is 2.86. The first kappa shape index (κ1) is 27.4. The van der Waals surface area contributed by atoms with E-state index in [2.05, 4.69) is 133 Å². The lowest BCUT2D eigenvalue weighted by Gasteiger charge is -2.12. The molecule has 7 aromatic rings. The molecule has 2 N–H and O–H groups in total. The predicted molar refractivity (Wildman–Crippen MR) is 195 cm³/mol. The zero-order valence-electron chi connectivity index (χ0n) is 25.2. The van der Waals surface area contributed by atoms with Gasteiger partial charge in [0.2, 0.25) is 0 Å². The van der Waals surface area contributed by atoms with Crippen LogP contribution in [-0.4, -0.2) is 10.8 Å². The fourth-order valence-corrected chi connectivity index (χ4v) is 8.04. The van der Waals surface area contributed by atoms with Gasteiger partial charge in [-0.2, -0.15) is 0 Å². The third kappa shape index (κ3) is 4.88. The van der Waals surface area contributed by atoms with Crippen molar-refractivity contribution in [3.8, 4) is 22.3 Å². The summed E-state index contributed by atoms with van der Waals surface area (Å²) in [5.41, 5.74) is 16.8. The van der Waals surface area contributed by atoms with Gasteiger partial charge in [-0.3, -0.25) is 4.99 Å². The molecule has 0 fully saturated rings. The minimum atomic E-state index is 0.522. The molecule has 0 amide bonds. The Kier molecular flexibility index (Phi) is 6.92. The summed E-state index contributed by atoms with van der Waals surface area (Å²) in [6, 6.07) is 40.8. The number of nitrogens with two attached hydrogens (primary N) is 1. The maximum atomic E-state index is 6.56. The van der Waals surface area contributed by atoms with Crippen molar-refractivity contribution < 1.29 is 0 Å². The van der Waals surface area contributed by atoms with Crippen molar-refractivity contribution in [2.75, 3.05) is 0 Å². The fraction of sp³-hybridized carbons (Fsp3) is 0.0976. The van der Waals surface area contributed by atoms with Crippen LogP contribution < -0.4 is 5.73 Å². The van der Waals surface area contributed by atoms with Crippen LogP contribution in [0.5, 0.6) is 0 Å². The molecule has 0 saturated heterocycles. The van der Waals surface area contributed by atoms with Gasteiger partial charge in [0.05, 0.1) is 11.0 Å². The van der Waals surface area contributed by atoms with Crippen molar-refractivity contribution in [1.82, 2.24) is 4.57 Å². The Bertz CT molecular complexity index is 2280. The molecule has 1 aliphatic rings. The van der Waals surface area contributed by atoms with Crippen LogP contribution in [0, 0.1) is 0 Å². The zero-order valence-corrected chi connectivity index (χ0v) is 26.0. The number of hydrogen-bond acceptors (Lipinski definition) is 3. The first-order valence-corrected chi connectivity index (χ1v) is 16.3. The summed E-state index contributed by atoms with van der Waals surface area (Å²) < 4.78 is 3.70. The van der Waals surface area contributed by atoms with E-state index in [1.165, 1.54) is 53.5 Å². The highest BCUT2D eigenvalue weighted by molar-refractivity contribution is 7.20. The smallest absolute Gasteiger partial charge is 0.114 e. The number of aromatic nitrogens is 1. The van der Waals surface area contributed by atoms with Crippen LogP contribution in [-0.2, 0) is 6.67 Å². The van der Waals surface area contributed by atoms with Crippen LogP contribution in [0.1, 0.15) is 35.3 Å². The number of rotatable bonds is 6. The predicted octanol–water partition coefficient (Wildman–Crippen LogP) is 10.9. The molecule has 8 rings (SSSR count). The van der Waals surface area contributed by atoms with Crippen molar-refractivity contribution in [3.63, 3.8) is 0 Å². The number of fused-ring (bicyclic) bond motifs is 7. The van der Waals surface area contributed by atoms with E-state index in [1.807, 2.05) is 29.7 Å². The molecule has 0 radical (unpaired) electrons. The van der Waals surface area contributed by atoms with E-state index in [1.54, 1.807) is 0 Å². The van der Waals surface area contributed by atoms with E-state index in [-0.39, 0.29) is 0 Å². The SMILES string of the molecule is CC1CC=Cc2c1sc1c2ccc2c1c1ccccc1n2C/N=C\C=C(/N)c1cccc(-c2ccc(-c3ccccc3)cc2)c1. The molecule has 1 atom stereocenters. The number of thiophene rings is 1. The summed E-state index contributed by atoms with van der Waals surface area (Å²) in [5, 5.41) is 3.98. The van der Waals surface area contributed by atoms with Crippen LogP contribution in [0.4, 0.5) is 0 Å². The highest BCUT2D eigenvalue weighted by atomic mass is 32.1. The minimum Gasteiger partial charge on any atom is -0.398 e. The third-order valence-electron chi connectivity index (χ3n) is 8.98. The van der Waals surface area contributed by atoms with Gasteiger partial charge >= 0.3 is 0 Å². The van der Waals surface area contributed by atoms with E-state index in [4.69, 9.17) is 10.7 Å². The largest absolute Gasteiger partial charge is 0.398 e. The molecule has 0 bridgehead atoms. The monoisotopic (exact) mass is 599 g/mol. The van der Waals surface area contributed by atoms with E-state index in [0.29, 0.717) is 18.3 Å². The van der Waals surface area contributed by atoms with Crippen molar-refractivity contribution in [3.05, 3.63) is 143 Å². The summed E-state index contributed by atoms with van der Waals surface area (Å²) in [7, 11) is 0. The summed E-state index contributed by atoms with van der Waals surface area (Å²) in [6.07, 6.45) is 9.50. The second-order valence-electron chi connectivity index (χ2n) is 11.8. The molecule has 2 heterocycles. The summed E-state index contributed by atoms with van der Waals surface area (Å²) in [5.74, 6) is 0.563. The van der Waals surface area contributed by atoms with Gasteiger partial charge in [0, 0.05) is 37.6 Å². The Morgan fingerprint density at radius 3 is 2.38 bits per heavy atom. The second-order valence-corrected chi connectivity index (χ2v) is 12.9. The Labute approximate surface area is 267 Å². The number of aliphatic imine (C=N–C) groups is 1. The standard InChI is InChI=1S/C41H33N3S/c1-27-9-7-15-33-34-21-22-38-39(41(34)45-40(27)33)35-14-5-6-16-37(35)44(38)26-43-24-23-36(42)32-13-8-12-31(25-32)30-19-17-29(18-20-30)28-10-3-2-4-11-28/h2-8,10-25,27H,9,26,42H2,1H3/b36-23-,43-24-. The lowest BCUT2D eigenvalue weighted by molar-refractivity contribution is 0.791. The van der Waals surface area contributed by atoms with Gasteiger partial charge in [0.1, 0.15) is 6.67 Å². The van der Waals surface area contributed by atoms with Gasteiger partial charge in [-0.15, -0.1) is 11.3 Å². The molecule has 3 nitrogen and oxygen atoms in total. The molecular weight excluding hydrogens is 567 g/mol. The normalized spacial score (nSPS) is 15.0. The van der Waals surface area contributed by atoms with Gasteiger partial charge < -0.3 is 10.3 Å². The maximum absolute atomic E-state index is 6.56. The lowest BCUT2D eigenvalue weighted by Crippen LogP contribution is -1.98. The molecule has 218 valence electrons. The van der Waals surface area contributed by atoms with Gasteiger partial charge in [-0.1, -0.05) is 116 Å². The van der Waals surface area contributed by atoms with Crippen LogP contribution in [0.2, 0.25) is 0 Å². The molecule has 0 spiro atoms. The molecular formula is C41H33N3S. The Morgan fingerprint density at radius 2 is 1.53 bits per heavy atom. The van der Waals surface area contributed by atoms with Gasteiger partial charge in [-0.05, 0) is 70.0 Å². The fourth-order valence-electron chi connectivity index (χ4n) is 6.63.